The lowest BCUT2D eigenvalue weighted by atomic mass is 9.50. The SMILES string of the molecule is CCC1(CC)CC(C(=O)OC)(C(=O)OC)C1. The summed E-state index contributed by atoms with van der Waals surface area (Å²) in [4.78, 5) is 23.4. The second-order valence-electron chi connectivity index (χ2n) is 4.63. The third kappa shape index (κ3) is 1.70. The van der Waals surface area contributed by atoms with Crippen molar-refractivity contribution in [2.45, 2.75) is 39.5 Å². The van der Waals surface area contributed by atoms with E-state index in [2.05, 4.69) is 13.8 Å². The predicted octanol–water partition coefficient (Wildman–Crippen LogP) is 1.92. The molecule has 4 nitrogen and oxygen atoms in total. The minimum atomic E-state index is -1.05. The van der Waals surface area contributed by atoms with Crippen LogP contribution < -0.4 is 0 Å². The van der Waals surface area contributed by atoms with Crippen molar-refractivity contribution >= 4 is 11.9 Å². The number of hydrogen-bond donors (Lipinski definition) is 0. The van der Waals surface area contributed by atoms with Gasteiger partial charge in [-0.1, -0.05) is 26.7 Å². The molecule has 0 unspecified atom stereocenters. The van der Waals surface area contributed by atoms with E-state index in [9.17, 15) is 9.59 Å². The van der Waals surface area contributed by atoms with E-state index < -0.39 is 17.4 Å². The minimum absolute atomic E-state index is 0.0996. The number of carbonyl (C=O) groups excluding carboxylic acids is 2. The number of rotatable bonds is 4. The maximum atomic E-state index is 11.7. The topological polar surface area (TPSA) is 52.6 Å². The van der Waals surface area contributed by atoms with Crippen molar-refractivity contribution in [2.75, 3.05) is 14.2 Å². The third-order valence-electron chi connectivity index (χ3n) is 4.01. The number of hydrogen-bond acceptors (Lipinski definition) is 4. The molecule has 4 heteroatoms. The van der Waals surface area contributed by atoms with Gasteiger partial charge in [0.1, 0.15) is 0 Å². The smallest absolute Gasteiger partial charge is 0.323 e. The Bertz CT molecular complexity index is 265. The van der Waals surface area contributed by atoms with Crippen molar-refractivity contribution < 1.29 is 19.1 Å². The van der Waals surface area contributed by atoms with E-state index in [1.165, 1.54) is 14.2 Å². The molecule has 0 bridgehead atoms. The molecule has 0 aromatic rings. The standard InChI is InChI=1S/C12H20O4/c1-5-11(6-2)7-12(8-11,9(13)15-3)10(14)16-4/h5-8H2,1-4H3. The van der Waals surface area contributed by atoms with Gasteiger partial charge in [-0.05, 0) is 18.3 Å². The fourth-order valence-corrected chi connectivity index (χ4v) is 2.74. The van der Waals surface area contributed by atoms with Gasteiger partial charge in [0, 0.05) is 0 Å². The maximum absolute atomic E-state index is 11.7. The monoisotopic (exact) mass is 228 g/mol. The van der Waals surface area contributed by atoms with Gasteiger partial charge >= 0.3 is 11.9 Å². The molecular weight excluding hydrogens is 208 g/mol. The zero-order chi connectivity index (χ0) is 12.4. The molecule has 1 aliphatic rings. The zero-order valence-electron chi connectivity index (χ0n) is 10.5. The second kappa shape index (κ2) is 4.44. The second-order valence-corrected chi connectivity index (χ2v) is 4.63. The van der Waals surface area contributed by atoms with Crippen LogP contribution in [0.2, 0.25) is 0 Å². The Kier molecular flexibility index (Phi) is 3.61. The van der Waals surface area contributed by atoms with Gasteiger partial charge in [0.15, 0.2) is 5.41 Å². The fraction of sp³-hybridized carbons (Fsp3) is 0.833. The molecule has 0 spiro atoms. The van der Waals surface area contributed by atoms with Crippen LogP contribution in [0.1, 0.15) is 39.5 Å². The van der Waals surface area contributed by atoms with Crippen molar-refractivity contribution in [2.24, 2.45) is 10.8 Å². The highest BCUT2D eigenvalue weighted by Gasteiger charge is 2.63. The molecule has 92 valence electrons. The van der Waals surface area contributed by atoms with Crippen molar-refractivity contribution in [1.82, 2.24) is 0 Å². The van der Waals surface area contributed by atoms with Gasteiger partial charge in [-0.25, -0.2) is 0 Å². The van der Waals surface area contributed by atoms with Crippen LogP contribution in [0.25, 0.3) is 0 Å². The highest BCUT2D eigenvalue weighted by atomic mass is 16.5. The number of carbonyl (C=O) groups is 2. The van der Waals surface area contributed by atoms with E-state index in [0.29, 0.717) is 12.8 Å². The van der Waals surface area contributed by atoms with E-state index in [4.69, 9.17) is 9.47 Å². The van der Waals surface area contributed by atoms with Gasteiger partial charge in [-0.15, -0.1) is 0 Å². The summed E-state index contributed by atoms with van der Waals surface area (Å²) in [5.41, 5.74) is -0.947. The molecule has 0 heterocycles. The quantitative estimate of drug-likeness (QED) is 0.545. The van der Waals surface area contributed by atoms with Gasteiger partial charge in [0.25, 0.3) is 0 Å². The van der Waals surface area contributed by atoms with Crippen molar-refractivity contribution in [3.8, 4) is 0 Å². The first kappa shape index (κ1) is 13.0. The van der Waals surface area contributed by atoms with Gasteiger partial charge in [-0.2, -0.15) is 0 Å². The minimum Gasteiger partial charge on any atom is -0.468 e. The van der Waals surface area contributed by atoms with E-state index >= 15 is 0 Å². The molecule has 0 saturated heterocycles. The Morgan fingerprint density at radius 3 is 1.62 bits per heavy atom. The predicted molar refractivity (Wildman–Crippen MR) is 58.7 cm³/mol. The third-order valence-corrected chi connectivity index (χ3v) is 4.01. The molecule has 1 saturated carbocycles. The zero-order valence-corrected chi connectivity index (χ0v) is 10.5. The Morgan fingerprint density at radius 1 is 1.00 bits per heavy atom. The van der Waals surface area contributed by atoms with Crippen LogP contribution >= 0.6 is 0 Å². The lowest BCUT2D eigenvalue weighted by Gasteiger charge is -2.52. The number of ether oxygens (including phenoxy) is 2. The average Bonchev–Trinajstić information content (AvgIpc) is 2.28. The molecule has 0 amide bonds. The van der Waals surface area contributed by atoms with Crippen LogP contribution in [0.5, 0.6) is 0 Å². The summed E-state index contributed by atoms with van der Waals surface area (Å²) in [6, 6.07) is 0. The molecule has 0 N–H and O–H groups in total. The Hall–Kier alpha value is -1.06. The molecule has 0 radical (unpaired) electrons. The van der Waals surface area contributed by atoms with Crippen molar-refractivity contribution in [3.63, 3.8) is 0 Å². The molecule has 0 atom stereocenters. The normalized spacial score (nSPS) is 20.8. The van der Waals surface area contributed by atoms with Crippen molar-refractivity contribution in [3.05, 3.63) is 0 Å². The summed E-state index contributed by atoms with van der Waals surface area (Å²) in [5.74, 6) is -0.922. The summed E-state index contributed by atoms with van der Waals surface area (Å²) in [6.45, 7) is 4.17. The first-order valence-electron chi connectivity index (χ1n) is 5.67. The first-order chi connectivity index (χ1) is 7.50. The molecule has 1 fully saturated rings. The van der Waals surface area contributed by atoms with Crippen LogP contribution in [0.3, 0.4) is 0 Å². The summed E-state index contributed by atoms with van der Waals surface area (Å²) >= 11 is 0. The highest BCUT2D eigenvalue weighted by Crippen LogP contribution is 2.59. The van der Waals surface area contributed by atoms with Gasteiger partial charge in [-0.3, -0.25) is 9.59 Å². The molecule has 1 aliphatic carbocycles. The van der Waals surface area contributed by atoms with Crippen molar-refractivity contribution in [1.29, 1.82) is 0 Å². The number of esters is 2. The highest BCUT2D eigenvalue weighted by molar-refractivity contribution is 6.01. The van der Waals surface area contributed by atoms with Gasteiger partial charge in [0.2, 0.25) is 0 Å². The van der Waals surface area contributed by atoms with Gasteiger partial charge in [0.05, 0.1) is 14.2 Å². The van der Waals surface area contributed by atoms with E-state index in [0.717, 1.165) is 12.8 Å². The molecule has 0 aromatic carbocycles. The largest absolute Gasteiger partial charge is 0.468 e. The lowest BCUT2D eigenvalue weighted by Crippen LogP contribution is -2.56. The average molecular weight is 228 g/mol. The maximum Gasteiger partial charge on any atom is 0.323 e. The van der Waals surface area contributed by atoms with Crippen LogP contribution in [0.4, 0.5) is 0 Å². The lowest BCUT2D eigenvalue weighted by molar-refractivity contribution is -0.189. The van der Waals surface area contributed by atoms with Crippen LogP contribution in [0.15, 0.2) is 0 Å². The van der Waals surface area contributed by atoms with Gasteiger partial charge < -0.3 is 9.47 Å². The first-order valence-corrected chi connectivity index (χ1v) is 5.67. The Morgan fingerprint density at radius 2 is 1.38 bits per heavy atom. The fourth-order valence-electron chi connectivity index (χ4n) is 2.74. The van der Waals surface area contributed by atoms with E-state index in [-0.39, 0.29) is 5.41 Å². The van der Waals surface area contributed by atoms with Crippen LogP contribution in [-0.4, -0.2) is 26.2 Å². The molecule has 16 heavy (non-hydrogen) atoms. The molecule has 0 aromatic heterocycles. The van der Waals surface area contributed by atoms with E-state index in [1.54, 1.807) is 0 Å². The Labute approximate surface area is 96.3 Å². The summed E-state index contributed by atoms with van der Waals surface area (Å²) in [5, 5.41) is 0. The van der Waals surface area contributed by atoms with Crippen LogP contribution in [0, 0.1) is 10.8 Å². The summed E-state index contributed by atoms with van der Waals surface area (Å²) in [7, 11) is 2.62. The Balaban J connectivity index is 2.89. The molecule has 0 aliphatic heterocycles. The summed E-state index contributed by atoms with van der Waals surface area (Å²) in [6.07, 6.45) is 3.04. The van der Waals surface area contributed by atoms with Crippen LogP contribution in [-0.2, 0) is 19.1 Å². The number of methoxy groups -OCH3 is 2. The van der Waals surface area contributed by atoms with E-state index in [1.807, 2.05) is 0 Å². The molecular formula is C12H20O4. The molecule has 1 rings (SSSR count). The summed E-state index contributed by atoms with van der Waals surface area (Å²) < 4.78 is 9.45.